The van der Waals surface area contributed by atoms with Gasteiger partial charge in [-0.25, -0.2) is 0 Å². The molecule has 0 unspecified atom stereocenters. The first-order valence-corrected chi connectivity index (χ1v) is 6.12. The van der Waals surface area contributed by atoms with Gasteiger partial charge in [-0.2, -0.15) is 0 Å². The Labute approximate surface area is 121 Å². The number of hydrogen-bond acceptors (Lipinski definition) is 5. The van der Waals surface area contributed by atoms with Crippen LogP contribution < -0.4 is 4.74 Å². The van der Waals surface area contributed by atoms with E-state index in [4.69, 9.17) is 4.74 Å². The first-order chi connectivity index (χ1) is 10.0. The predicted octanol–water partition coefficient (Wildman–Crippen LogP) is 2.71. The number of rotatable bonds is 4. The van der Waals surface area contributed by atoms with E-state index in [1.54, 1.807) is 6.07 Å². The number of carbonyl (C=O) groups excluding carboxylic acids is 1. The molecule has 0 spiro atoms. The molecule has 0 aromatic heterocycles. The molecular formula is C16H14O5. The van der Waals surface area contributed by atoms with Gasteiger partial charge in [-0.15, -0.1) is 0 Å². The molecule has 5 heteroatoms. The molecule has 2 aromatic carbocycles. The van der Waals surface area contributed by atoms with Gasteiger partial charge in [0, 0.05) is 6.07 Å². The zero-order valence-corrected chi connectivity index (χ0v) is 11.3. The molecule has 0 aliphatic heterocycles. The number of phenolic OH excluding ortho intramolecular Hbond substituents is 3. The summed E-state index contributed by atoms with van der Waals surface area (Å²) in [6, 6.07) is 8.46. The highest BCUT2D eigenvalue weighted by Gasteiger charge is 2.10. The second-order valence-corrected chi connectivity index (χ2v) is 4.33. The van der Waals surface area contributed by atoms with Crippen LogP contribution in [0.4, 0.5) is 0 Å². The fourth-order valence-corrected chi connectivity index (χ4v) is 1.79. The number of hydrogen-bond donors (Lipinski definition) is 3. The third-order valence-electron chi connectivity index (χ3n) is 2.88. The number of ether oxygens (including phenoxy) is 1. The van der Waals surface area contributed by atoms with Crippen molar-refractivity contribution in [3.63, 3.8) is 0 Å². The van der Waals surface area contributed by atoms with Crippen LogP contribution in [0.25, 0.3) is 6.08 Å². The standard InChI is InChI=1S/C16H14O5/c1-21-16-9-11(17)4-5-12(16)13(18)6-2-10-3-7-14(19)15(20)8-10/h2-9,17,19-20H,1H3/b6-2-. The van der Waals surface area contributed by atoms with Crippen LogP contribution in [0.5, 0.6) is 23.0 Å². The molecule has 0 bridgehead atoms. The Hall–Kier alpha value is -2.95. The third kappa shape index (κ3) is 3.33. The molecule has 5 nitrogen and oxygen atoms in total. The number of methoxy groups -OCH3 is 1. The molecule has 0 heterocycles. The van der Waals surface area contributed by atoms with Crippen LogP contribution in [-0.2, 0) is 0 Å². The molecule has 0 amide bonds. The van der Waals surface area contributed by atoms with Crippen LogP contribution in [0.3, 0.4) is 0 Å². The fraction of sp³-hybridized carbons (Fsp3) is 0.0625. The Morgan fingerprint density at radius 3 is 2.48 bits per heavy atom. The summed E-state index contributed by atoms with van der Waals surface area (Å²) in [7, 11) is 1.41. The molecule has 3 N–H and O–H groups in total. The van der Waals surface area contributed by atoms with Crippen LogP contribution in [-0.4, -0.2) is 28.2 Å². The van der Waals surface area contributed by atoms with Crippen LogP contribution >= 0.6 is 0 Å². The molecule has 2 rings (SSSR count). The third-order valence-corrected chi connectivity index (χ3v) is 2.88. The predicted molar refractivity (Wildman–Crippen MR) is 77.8 cm³/mol. The van der Waals surface area contributed by atoms with Gasteiger partial charge >= 0.3 is 0 Å². The van der Waals surface area contributed by atoms with Crippen LogP contribution in [0.1, 0.15) is 15.9 Å². The van der Waals surface area contributed by atoms with Crippen LogP contribution in [0, 0.1) is 0 Å². The maximum Gasteiger partial charge on any atom is 0.189 e. The van der Waals surface area contributed by atoms with Gasteiger partial charge < -0.3 is 20.1 Å². The Bertz CT molecular complexity index is 704. The van der Waals surface area contributed by atoms with Crippen molar-refractivity contribution < 1.29 is 24.9 Å². The van der Waals surface area contributed by atoms with Gasteiger partial charge in [0.1, 0.15) is 11.5 Å². The van der Waals surface area contributed by atoms with Crippen LogP contribution in [0.2, 0.25) is 0 Å². The minimum absolute atomic E-state index is 0.0100. The minimum atomic E-state index is -0.306. The molecule has 2 aromatic rings. The molecule has 0 saturated heterocycles. The summed E-state index contributed by atoms with van der Waals surface area (Å²) in [5.74, 6) is -0.501. The summed E-state index contributed by atoms with van der Waals surface area (Å²) >= 11 is 0. The number of ketones is 1. The molecule has 0 aliphatic carbocycles. The van der Waals surface area contributed by atoms with E-state index >= 15 is 0 Å². The van der Waals surface area contributed by atoms with E-state index in [1.165, 1.54) is 49.6 Å². The lowest BCUT2D eigenvalue weighted by molar-refractivity contribution is 0.104. The molecule has 0 fully saturated rings. The number of allylic oxidation sites excluding steroid dienone is 1. The van der Waals surface area contributed by atoms with E-state index in [-0.39, 0.29) is 28.8 Å². The summed E-state index contributed by atoms with van der Waals surface area (Å²) in [4.78, 5) is 12.1. The first-order valence-electron chi connectivity index (χ1n) is 6.12. The van der Waals surface area contributed by atoms with Crippen molar-refractivity contribution in [1.82, 2.24) is 0 Å². The Kier molecular flexibility index (Phi) is 4.13. The highest BCUT2D eigenvalue weighted by Crippen LogP contribution is 2.27. The van der Waals surface area contributed by atoms with Gasteiger partial charge in [0.15, 0.2) is 17.3 Å². The van der Waals surface area contributed by atoms with Crippen molar-refractivity contribution in [3.05, 3.63) is 53.6 Å². The average Bonchev–Trinajstić information content (AvgIpc) is 2.48. The summed E-state index contributed by atoms with van der Waals surface area (Å²) in [6.07, 6.45) is 2.83. The average molecular weight is 286 g/mol. The van der Waals surface area contributed by atoms with E-state index in [1.807, 2.05) is 0 Å². The van der Waals surface area contributed by atoms with Crippen LogP contribution in [0.15, 0.2) is 42.5 Å². The van der Waals surface area contributed by atoms with Crippen molar-refractivity contribution in [2.45, 2.75) is 0 Å². The molecule has 0 aliphatic rings. The number of phenols is 3. The monoisotopic (exact) mass is 286 g/mol. The first kappa shape index (κ1) is 14.5. The van der Waals surface area contributed by atoms with Crippen molar-refractivity contribution in [2.24, 2.45) is 0 Å². The van der Waals surface area contributed by atoms with E-state index < -0.39 is 0 Å². The van der Waals surface area contributed by atoms with E-state index in [0.29, 0.717) is 11.1 Å². The van der Waals surface area contributed by atoms with E-state index in [0.717, 1.165) is 0 Å². The Balaban J connectivity index is 2.25. The van der Waals surface area contributed by atoms with Gasteiger partial charge in [0.2, 0.25) is 0 Å². The number of benzene rings is 2. The topological polar surface area (TPSA) is 87.0 Å². The Morgan fingerprint density at radius 2 is 1.81 bits per heavy atom. The molecular weight excluding hydrogens is 272 g/mol. The lowest BCUT2D eigenvalue weighted by Gasteiger charge is -2.05. The zero-order valence-electron chi connectivity index (χ0n) is 11.3. The smallest absolute Gasteiger partial charge is 0.189 e. The minimum Gasteiger partial charge on any atom is -0.508 e. The molecule has 0 radical (unpaired) electrons. The highest BCUT2D eigenvalue weighted by molar-refractivity contribution is 6.08. The summed E-state index contributed by atoms with van der Waals surface area (Å²) in [5.41, 5.74) is 0.881. The van der Waals surface area contributed by atoms with Gasteiger partial charge in [-0.05, 0) is 35.9 Å². The SMILES string of the molecule is COc1cc(O)ccc1C(=O)/C=C\c1ccc(O)c(O)c1. The number of aromatic hydroxyl groups is 3. The quantitative estimate of drug-likeness (QED) is 0.457. The van der Waals surface area contributed by atoms with Crippen molar-refractivity contribution >= 4 is 11.9 Å². The van der Waals surface area contributed by atoms with Gasteiger partial charge in [-0.3, -0.25) is 4.79 Å². The summed E-state index contributed by atoms with van der Waals surface area (Å²) < 4.78 is 5.05. The lowest BCUT2D eigenvalue weighted by atomic mass is 10.1. The van der Waals surface area contributed by atoms with Crippen molar-refractivity contribution in [2.75, 3.05) is 7.11 Å². The van der Waals surface area contributed by atoms with Gasteiger partial charge in [0.05, 0.1) is 12.7 Å². The Morgan fingerprint density at radius 1 is 1.05 bits per heavy atom. The van der Waals surface area contributed by atoms with Crippen molar-refractivity contribution in [1.29, 1.82) is 0 Å². The van der Waals surface area contributed by atoms with E-state index in [2.05, 4.69) is 0 Å². The summed E-state index contributed by atoms with van der Waals surface area (Å²) in [6.45, 7) is 0. The van der Waals surface area contributed by atoms with E-state index in [9.17, 15) is 20.1 Å². The second kappa shape index (κ2) is 6.00. The zero-order chi connectivity index (χ0) is 15.4. The molecule has 0 saturated carbocycles. The maximum absolute atomic E-state index is 12.1. The normalized spacial score (nSPS) is 10.7. The molecule has 0 atom stereocenters. The molecule has 21 heavy (non-hydrogen) atoms. The lowest BCUT2D eigenvalue weighted by Crippen LogP contribution is -1.98. The fourth-order valence-electron chi connectivity index (χ4n) is 1.79. The highest BCUT2D eigenvalue weighted by atomic mass is 16.5. The number of carbonyl (C=O) groups is 1. The van der Waals surface area contributed by atoms with Gasteiger partial charge in [0.25, 0.3) is 0 Å². The van der Waals surface area contributed by atoms with Gasteiger partial charge in [-0.1, -0.05) is 12.1 Å². The maximum atomic E-state index is 12.1. The summed E-state index contributed by atoms with van der Waals surface area (Å²) in [5, 5.41) is 27.9. The van der Waals surface area contributed by atoms with Crippen molar-refractivity contribution in [3.8, 4) is 23.0 Å². The molecule has 108 valence electrons. The second-order valence-electron chi connectivity index (χ2n) is 4.33. The largest absolute Gasteiger partial charge is 0.508 e.